The summed E-state index contributed by atoms with van der Waals surface area (Å²) in [5.74, 6) is 0. The highest BCUT2D eigenvalue weighted by molar-refractivity contribution is 6.11. The van der Waals surface area contributed by atoms with Crippen molar-refractivity contribution in [2.75, 3.05) is 0 Å². The van der Waals surface area contributed by atoms with Gasteiger partial charge in [0.1, 0.15) is 0 Å². The number of fused-ring (bicyclic) bond motifs is 1. The van der Waals surface area contributed by atoms with Crippen molar-refractivity contribution >= 4 is 21.9 Å². The number of allylic oxidation sites excluding steroid dienone is 2. The van der Waals surface area contributed by atoms with Crippen LogP contribution in [0.5, 0.6) is 0 Å². The van der Waals surface area contributed by atoms with Gasteiger partial charge in [0.05, 0.1) is 5.66 Å². The van der Waals surface area contributed by atoms with Crippen molar-refractivity contribution in [3.63, 3.8) is 0 Å². The van der Waals surface area contributed by atoms with Crippen molar-refractivity contribution in [3.8, 4) is 0 Å². The summed E-state index contributed by atoms with van der Waals surface area (Å²) in [7, 11) is 0. The summed E-state index contributed by atoms with van der Waals surface area (Å²) in [6, 6.07) is 25.2. The Labute approximate surface area is 142 Å². The summed E-state index contributed by atoms with van der Waals surface area (Å²) >= 11 is 0. The Morgan fingerprint density at radius 1 is 0.708 bits per heavy atom. The largest absolute Gasteiger partial charge is 0.310 e. The van der Waals surface area contributed by atoms with Gasteiger partial charge >= 0.3 is 0 Å². The monoisotopic (exact) mass is 312 g/mol. The molecule has 2 nitrogen and oxygen atoms in total. The van der Waals surface area contributed by atoms with E-state index < -0.39 is 5.66 Å². The number of hydrogen-bond acceptors (Lipinski definition) is 2. The quantitative estimate of drug-likeness (QED) is 0.692. The van der Waals surface area contributed by atoms with Crippen LogP contribution in [0.25, 0.3) is 21.9 Å². The molecule has 118 valence electrons. The molecule has 0 atom stereocenters. The van der Waals surface area contributed by atoms with Crippen LogP contribution in [-0.2, 0) is 0 Å². The van der Waals surface area contributed by atoms with Crippen LogP contribution in [0, 0.1) is 0 Å². The normalized spacial score (nSPS) is 16.6. The van der Waals surface area contributed by atoms with E-state index in [9.17, 15) is 0 Å². The highest BCUT2D eigenvalue weighted by Gasteiger charge is 2.24. The molecule has 0 radical (unpaired) electrons. The van der Waals surface area contributed by atoms with Gasteiger partial charge in [-0.25, -0.2) is 0 Å². The summed E-state index contributed by atoms with van der Waals surface area (Å²) in [4.78, 5) is 0. The van der Waals surface area contributed by atoms with Crippen LogP contribution in [0.15, 0.2) is 84.9 Å². The Kier molecular flexibility index (Phi) is 3.57. The first-order chi connectivity index (χ1) is 11.6. The van der Waals surface area contributed by atoms with Gasteiger partial charge in [-0.05, 0) is 39.1 Å². The zero-order chi connectivity index (χ0) is 16.6. The van der Waals surface area contributed by atoms with Crippen molar-refractivity contribution in [2.45, 2.75) is 12.1 Å². The van der Waals surface area contributed by atoms with Gasteiger partial charge in [-0.1, -0.05) is 78.9 Å². The van der Waals surface area contributed by atoms with E-state index >= 15 is 0 Å². The van der Waals surface area contributed by atoms with Crippen LogP contribution in [0.3, 0.4) is 0 Å². The van der Waals surface area contributed by atoms with Crippen LogP contribution >= 0.6 is 0 Å². The Morgan fingerprint density at radius 3 is 2.25 bits per heavy atom. The van der Waals surface area contributed by atoms with E-state index in [4.69, 9.17) is 11.5 Å². The predicted molar refractivity (Wildman–Crippen MR) is 102 cm³/mol. The van der Waals surface area contributed by atoms with Crippen molar-refractivity contribution in [2.24, 2.45) is 11.5 Å². The lowest BCUT2D eigenvalue weighted by Gasteiger charge is -2.28. The van der Waals surface area contributed by atoms with Crippen molar-refractivity contribution in [1.82, 2.24) is 0 Å². The molecule has 0 spiro atoms. The Bertz CT molecular complexity index is 945. The Morgan fingerprint density at radius 2 is 1.42 bits per heavy atom. The third-order valence-corrected chi connectivity index (χ3v) is 4.53. The maximum atomic E-state index is 6.25. The fourth-order valence-corrected chi connectivity index (χ4v) is 3.37. The van der Waals surface area contributed by atoms with E-state index in [2.05, 4.69) is 72.8 Å². The SMILES string of the molecule is NC1(N)C=C(c2cccc3ccccc23)C(c2ccccc2)=CC1. The van der Waals surface area contributed by atoms with E-state index in [1.165, 1.54) is 27.5 Å². The second-order valence-electron chi connectivity index (χ2n) is 6.39. The molecule has 0 heterocycles. The molecule has 24 heavy (non-hydrogen) atoms. The minimum atomic E-state index is -0.815. The Hall–Kier alpha value is -2.68. The first kappa shape index (κ1) is 14.9. The van der Waals surface area contributed by atoms with E-state index in [-0.39, 0.29) is 0 Å². The lowest BCUT2D eigenvalue weighted by molar-refractivity contribution is 0.561. The predicted octanol–water partition coefficient (Wildman–Crippen LogP) is 4.32. The Balaban J connectivity index is 1.95. The molecule has 3 aromatic rings. The molecule has 0 saturated carbocycles. The van der Waals surface area contributed by atoms with Crippen molar-refractivity contribution in [3.05, 3.63) is 96.1 Å². The topological polar surface area (TPSA) is 52.0 Å². The van der Waals surface area contributed by atoms with Crippen LogP contribution < -0.4 is 11.5 Å². The zero-order valence-electron chi connectivity index (χ0n) is 13.4. The molecule has 4 rings (SSSR count). The van der Waals surface area contributed by atoms with Crippen LogP contribution in [0.1, 0.15) is 17.5 Å². The second kappa shape index (κ2) is 5.75. The molecule has 0 amide bonds. The smallest absolute Gasteiger partial charge is 0.0873 e. The lowest BCUT2D eigenvalue weighted by atomic mass is 9.82. The fraction of sp³-hybridized carbons (Fsp3) is 0.0909. The molecule has 4 N–H and O–H groups in total. The van der Waals surface area contributed by atoms with Gasteiger partial charge in [-0.2, -0.15) is 0 Å². The maximum Gasteiger partial charge on any atom is 0.0873 e. The summed E-state index contributed by atoms with van der Waals surface area (Å²) in [5.41, 5.74) is 16.3. The van der Waals surface area contributed by atoms with Gasteiger partial charge in [0, 0.05) is 6.42 Å². The fourth-order valence-electron chi connectivity index (χ4n) is 3.37. The van der Waals surface area contributed by atoms with E-state index in [1.54, 1.807) is 0 Å². The number of hydrogen-bond donors (Lipinski definition) is 2. The third kappa shape index (κ3) is 2.67. The standard InChI is InChI=1S/C22H20N2/c23-22(24)14-13-19(16-7-2-1-3-8-16)21(15-22)20-12-6-10-17-9-4-5-11-18(17)20/h1-13,15H,14,23-24H2. The van der Waals surface area contributed by atoms with Crippen molar-refractivity contribution in [1.29, 1.82) is 0 Å². The van der Waals surface area contributed by atoms with Gasteiger partial charge in [-0.3, -0.25) is 0 Å². The van der Waals surface area contributed by atoms with Gasteiger partial charge in [0.25, 0.3) is 0 Å². The first-order valence-corrected chi connectivity index (χ1v) is 8.19. The molecule has 0 saturated heterocycles. The average Bonchev–Trinajstić information content (AvgIpc) is 2.61. The van der Waals surface area contributed by atoms with E-state index in [1.807, 2.05) is 12.1 Å². The summed E-state index contributed by atoms with van der Waals surface area (Å²) < 4.78 is 0. The zero-order valence-corrected chi connectivity index (χ0v) is 13.4. The van der Waals surface area contributed by atoms with Gasteiger partial charge in [0.15, 0.2) is 0 Å². The van der Waals surface area contributed by atoms with Crippen LogP contribution in [0.4, 0.5) is 0 Å². The molecular formula is C22H20N2. The molecular weight excluding hydrogens is 292 g/mol. The molecule has 0 aliphatic heterocycles. The van der Waals surface area contributed by atoms with Gasteiger partial charge in [-0.15, -0.1) is 0 Å². The van der Waals surface area contributed by atoms with Crippen LogP contribution in [-0.4, -0.2) is 5.66 Å². The van der Waals surface area contributed by atoms with E-state index in [0.29, 0.717) is 6.42 Å². The summed E-state index contributed by atoms with van der Waals surface area (Å²) in [6.45, 7) is 0. The molecule has 0 fully saturated rings. The highest BCUT2D eigenvalue weighted by atomic mass is 14.9. The first-order valence-electron chi connectivity index (χ1n) is 8.19. The molecule has 0 unspecified atom stereocenters. The summed E-state index contributed by atoms with van der Waals surface area (Å²) in [6.07, 6.45) is 4.80. The third-order valence-electron chi connectivity index (χ3n) is 4.53. The maximum absolute atomic E-state index is 6.25. The van der Waals surface area contributed by atoms with Crippen LogP contribution in [0.2, 0.25) is 0 Å². The minimum absolute atomic E-state index is 0.630. The number of benzene rings is 3. The number of rotatable bonds is 2. The lowest BCUT2D eigenvalue weighted by Crippen LogP contribution is -2.48. The molecule has 0 aromatic heterocycles. The molecule has 0 bridgehead atoms. The van der Waals surface area contributed by atoms with Gasteiger partial charge < -0.3 is 11.5 Å². The second-order valence-corrected chi connectivity index (χ2v) is 6.39. The molecule has 3 aromatic carbocycles. The highest BCUT2D eigenvalue weighted by Crippen LogP contribution is 2.39. The molecule has 1 aliphatic rings. The van der Waals surface area contributed by atoms with Gasteiger partial charge in [0.2, 0.25) is 0 Å². The average molecular weight is 312 g/mol. The minimum Gasteiger partial charge on any atom is -0.310 e. The molecule has 1 aliphatic carbocycles. The summed E-state index contributed by atoms with van der Waals surface area (Å²) in [5, 5.41) is 2.43. The van der Waals surface area contributed by atoms with E-state index in [0.717, 1.165) is 5.57 Å². The number of nitrogens with two attached hydrogens (primary N) is 2. The molecule has 2 heteroatoms. The van der Waals surface area contributed by atoms with Crippen molar-refractivity contribution < 1.29 is 0 Å².